The summed E-state index contributed by atoms with van der Waals surface area (Å²) in [5, 5.41) is 15.5. The minimum atomic E-state index is -1.03. The number of amides is 1. The number of rotatable bonds is 6. The van der Waals surface area contributed by atoms with Crippen LogP contribution in [0.5, 0.6) is 0 Å². The molecule has 1 aromatic heterocycles. The maximum atomic E-state index is 11.6. The SMILES string of the molecule is CCC(=O)Nc1ccc(Cc2ccsc2N2CCN(C)CC2)cc1C(=O)O. The van der Waals surface area contributed by atoms with Gasteiger partial charge in [0.15, 0.2) is 0 Å². The summed E-state index contributed by atoms with van der Waals surface area (Å²) in [6, 6.07) is 7.36. The maximum absolute atomic E-state index is 11.6. The lowest BCUT2D eigenvalue weighted by Crippen LogP contribution is -2.44. The Morgan fingerprint density at radius 1 is 1.19 bits per heavy atom. The number of anilines is 2. The molecule has 144 valence electrons. The van der Waals surface area contributed by atoms with Crippen molar-refractivity contribution in [1.82, 2.24) is 4.90 Å². The number of likely N-dealkylation sites (N-methyl/N-ethyl adjacent to an activating group) is 1. The highest BCUT2D eigenvalue weighted by atomic mass is 32.1. The summed E-state index contributed by atoms with van der Waals surface area (Å²) in [6.07, 6.45) is 0.984. The number of carbonyl (C=O) groups excluding carboxylic acids is 1. The van der Waals surface area contributed by atoms with Crippen LogP contribution in [0.15, 0.2) is 29.6 Å². The van der Waals surface area contributed by atoms with Gasteiger partial charge in [-0.15, -0.1) is 11.3 Å². The van der Waals surface area contributed by atoms with E-state index in [2.05, 4.69) is 33.6 Å². The molecule has 0 spiro atoms. The molecule has 0 unspecified atom stereocenters. The molecule has 27 heavy (non-hydrogen) atoms. The molecule has 6 nitrogen and oxygen atoms in total. The van der Waals surface area contributed by atoms with Crippen LogP contribution in [0.25, 0.3) is 0 Å². The topological polar surface area (TPSA) is 72.9 Å². The van der Waals surface area contributed by atoms with E-state index >= 15 is 0 Å². The number of hydrogen-bond donors (Lipinski definition) is 2. The summed E-state index contributed by atoms with van der Waals surface area (Å²) in [7, 11) is 2.14. The van der Waals surface area contributed by atoms with Gasteiger partial charge < -0.3 is 20.2 Å². The van der Waals surface area contributed by atoms with Gasteiger partial charge in [-0.1, -0.05) is 13.0 Å². The summed E-state index contributed by atoms with van der Waals surface area (Å²) in [6.45, 7) is 5.85. The lowest BCUT2D eigenvalue weighted by atomic mass is 10.0. The number of carboxylic acids is 1. The number of nitrogens with one attached hydrogen (secondary N) is 1. The van der Waals surface area contributed by atoms with E-state index < -0.39 is 5.97 Å². The summed E-state index contributed by atoms with van der Waals surface area (Å²) >= 11 is 1.74. The molecule has 3 rings (SSSR count). The lowest BCUT2D eigenvalue weighted by molar-refractivity contribution is -0.115. The first-order valence-electron chi connectivity index (χ1n) is 9.14. The van der Waals surface area contributed by atoms with Crippen molar-refractivity contribution >= 4 is 33.9 Å². The average molecular weight is 388 g/mol. The van der Waals surface area contributed by atoms with Crippen LogP contribution >= 0.6 is 11.3 Å². The van der Waals surface area contributed by atoms with Crippen LogP contribution in [-0.4, -0.2) is 55.1 Å². The van der Waals surface area contributed by atoms with Crippen LogP contribution in [0.2, 0.25) is 0 Å². The maximum Gasteiger partial charge on any atom is 0.337 e. The first kappa shape index (κ1) is 19.4. The molecule has 0 radical (unpaired) electrons. The molecule has 7 heteroatoms. The fourth-order valence-electron chi connectivity index (χ4n) is 3.20. The van der Waals surface area contributed by atoms with Gasteiger partial charge in [-0.25, -0.2) is 4.79 Å². The monoisotopic (exact) mass is 387 g/mol. The molecule has 0 atom stereocenters. The third-order valence-corrected chi connectivity index (χ3v) is 5.83. The third-order valence-electron chi connectivity index (χ3n) is 4.82. The van der Waals surface area contributed by atoms with Crippen LogP contribution in [0.3, 0.4) is 0 Å². The summed E-state index contributed by atoms with van der Waals surface area (Å²) in [4.78, 5) is 28.0. The molecule has 0 aliphatic carbocycles. The molecule has 1 aliphatic rings. The van der Waals surface area contributed by atoms with E-state index in [9.17, 15) is 14.7 Å². The minimum Gasteiger partial charge on any atom is -0.478 e. The molecule has 1 saturated heterocycles. The highest BCUT2D eigenvalue weighted by molar-refractivity contribution is 7.14. The van der Waals surface area contributed by atoms with Crippen molar-refractivity contribution in [3.05, 3.63) is 46.3 Å². The second-order valence-electron chi connectivity index (χ2n) is 6.80. The van der Waals surface area contributed by atoms with Crippen LogP contribution in [0.4, 0.5) is 10.7 Å². The van der Waals surface area contributed by atoms with E-state index in [4.69, 9.17) is 0 Å². The fourth-order valence-corrected chi connectivity index (χ4v) is 4.18. The number of carboxylic acid groups (broad SMARTS) is 1. The van der Waals surface area contributed by atoms with E-state index in [1.807, 2.05) is 6.07 Å². The van der Waals surface area contributed by atoms with E-state index in [0.717, 1.165) is 31.7 Å². The molecule has 0 saturated carbocycles. The Hall–Kier alpha value is -2.38. The molecule has 1 fully saturated rings. The van der Waals surface area contributed by atoms with Crippen LogP contribution in [0.1, 0.15) is 34.8 Å². The Morgan fingerprint density at radius 2 is 1.93 bits per heavy atom. The number of piperazine rings is 1. The normalized spacial score (nSPS) is 15.0. The van der Waals surface area contributed by atoms with Crippen molar-refractivity contribution < 1.29 is 14.7 Å². The van der Waals surface area contributed by atoms with Gasteiger partial charge in [0, 0.05) is 39.0 Å². The van der Waals surface area contributed by atoms with Gasteiger partial charge in [0.2, 0.25) is 5.91 Å². The Bertz CT molecular complexity index is 826. The van der Waals surface area contributed by atoms with Crippen molar-refractivity contribution in [3.8, 4) is 0 Å². The van der Waals surface area contributed by atoms with Crippen molar-refractivity contribution in [2.24, 2.45) is 0 Å². The first-order valence-corrected chi connectivity index (χ1v) is 10.0. The van der Waals surface area contributed by atoms with Crippen molar-refractivity contribution in [2.75, 3.05) is 43.4 Å². The lowest BCUT2D eigenvalue weighted by Gasteiger charge is -2.33. The number of hydrogen-bond acceptors (Lipinski definition) is 5. The van der Waals surface area contributed by atoms with Crippen LogP contribution in [0, 0.1) is 0 Å². The first-order chi connectivity index (χ1) is 13.0. The molecule has 2 aromatic rings. The van der Waals surface area contributed by atoms with Gasteiger partial charge in [-0.3, -0.25) is 4.79 Å². The molecule has 2 heterocycles. The van der Waals surface area contributed by atoms with Gasteiger partial charge in [0.25, 0.3) is 0 Å². The smallest absolute Gasteiger partial charge is 0.337 e. The highest BCUT2D eigenvalue weighted by Crippen LogP contribution is 2.31. The van der Waals surface area contributed by atoms with Gasteiger partial charge >= 0.3 is 5.97 Å². The number of benzene rings is 1. The standard InChI is InChI=1S/C20H25N3O3S/c1-3-18(24)21-17-5-4-14(13-16(17)20(25)26)12-15-6-11-27-19(15)23-9-7-22(2)8-10-23/h4-6,11,13H,3,7-10,12H2,1-2H3,(H,21,24)(H,25,26). The van der Waals surface area contributed by atoms with Crippen LogP contribution < -0.4 is 10.2 Å². The molecular formula is C20H25N3O3S. The number of thiophene rings is 1. The minimum absolute atomic E-state index is 0.130. The second kappa shape index (κ2) is 8.54. The zero-order chi connectivity index (χ0) is 19.4. The van der Waals surface area contributed by atoms with Gasteiger partial charge in [0.05, 0.1) is 16.3 Å². The summed E-state index contributed by atoms with van der Waals surface area (Å²) in [5.41, 5.74) is 2.62. The van der Waals surface area contributed by atoms with E-state index in [0.29, 0.717) is 18.5 Å². The number of aromatic carboxylic acids is 1. The largest absolute Gasteiger partial charge is 0.478 e. The third kappa shape index (κ3) is 4.67. The molecule has 0 bridgehead atoms. The summed E-state index contributed by atoms with van der Waals surface area (Å²) < 4.78 is 0. The summed E-state index contributed by atoms with van der Waals surface area (Å²) in [5.74, 6) is -1.23. The zero-order valence-corrected chi connectivity index (χ0v) is 16.5. The molecule has 1 amide bonds. The average Bonchev–Trinajstić information content (AvgIpc) is 3.11. The molecule has 1 aromatic carbocycles. The fraction of sp³-hybridized carbons (Fsp3) is 0.400. The van der Waals surface area contributed by atoms with Crippen molar-refractivity contribution in [2.45, 2.75) is 19.8 Å². The van der Waals surface area contributed by atoms with E-state index in [1.165, 1.54) is 10.6 Å². The molecular weight excluding hydrogens is 362 g/mol. The number of carbonyl (C=O) groups is 2. The predicted octanol–water partition coefficient (Wildman–Crippen LogP) is 3.14. The molecule has 2 N–H and O–H groups in total. The van der Waals surface area contributed by atoms with Gasteiger partial charge in [0.1, 0.15) is 0 Å². The van der Waals surface area contributed by atoms with Gasteiger partial charge in [-0.2, -0.15) is 0 Å². The Kier molecular flexibility index (Phi) is 6.13. The predicted molar refractivity (Wildman–Crippen MR) is 109 cm³/mol. The highest BCUT2D eigenvalue weighted by Gasteiger charge is 2.19. The van der Waals surface area contributed by atoms with Crippen molar-refractivity contribution in [3.63, 3.8) is 0 Å². The van der Waals surface area contributed by atoms with Crippen molar-refractivity contribution in [1.29, 1.82) is 0 Å². The zero-order valence-electron chi connectivity index (χ0n) is 15.7. The second-order valence-corrected chi connectivity index (χ2v) is 7.70. The Morgan fingerprint density at radius 3 is 2.59 bits per heavy atom. The quantitative estimate of drug-likeness (QED) is 0.797. The van der Waals surface area contributed by atoms with Crippen LogP contribution in [-0.2, 0) is 11.2 Å². The van der Waals surface area contributed by atoms with E-state index in [-0.39, 0.29) is 11.5 Å². The Labute approximate surface area is 163 Å². The Balaban J connectivity index is 1.80. The van der Waals surface area contributed by atoms with E-state index in [1.54, 1.807) is 30.4 Å². The van der Waals surface area contributed by atoms with Gasteiger partial charge in [-0.05, 0) is 41.8 Å². The molecule has 1 aliphatic heterocycles. The number of nitrogens with zero attached hydrogens (tertiary/aromatic N) is 2.